The first-order valence-corrected chi connectivity index (χ1v) is 4.84. The SMILES string of the molecule is Cc1cc(N(C)C)c(Br)c([N+](=O)[O-])c1. The summed E-state index contributed by atoms with van der Waals surface area (Å²) in [7, 11) is 3.70. The van der Waals surface area contributed by atoms with Crippen molar-refractivity contribution in [3.63, 3.8) is 0 Å². The van der Waals surface area contributed by atoms with Gasteiger partial charge in [0.15, 0.2) is 0 Å². The highest BCUT2D eigenvalue weighted by Crippen LogP contribution is 2.34. The lowest BCUT2D eigenvalue weighted by molar-refractivity contribution is -0.385. The quantitative estimate of drug-likeness (QED) is 0.606. The summed E-state index contributed by atoms with van der Waals surface area (Å²) < 4.78 is 0.526. The molecule has 4 nitrogen and oxygen atoms in total. The standard InChI is InChI=1S/C9H11BrN2O2/c1-6-4-7(11(2)3)9(10)8(5-6)12(13)14/h4-5H,1-3H3. The minimum atomic E-state index is -0.385. The third-order valence-electron chi connectivity index (χ3n) is 1.86. The van der Waals surface area contributed by atoms with Crippen molar-refractivity contribution >= 4 is 27.3 Å². The van der Waals surface area contributed by atoms with Gasteiger partial charge in [0.2, 0.25) is 0 Å². The molecule has 76 valence electrons. The zero-order valence-electron chi connectivity index (χ0n) is 8.24. The normalized spacial score (nSPS) is 10.0. The van der Waals surface area contributed by atoms with E-state index in [1.54, 1.807) is 6.07 Å². The van der Waals surface area contributed by atoms with Crippen LogP contribution in [0.2, 0.25) is 0 Å². The van der Waals surface area contributed by atoms with Gasteiger partial charge in [0.25, 0.3) is 5.69 Å². The highest BCUT2D eigenvalue weighted by molar-refractivity contribution is 9.10. The molecule has 0 radical (unpaired) electrons. The average Bonchev–Trinajstić information content (AvgIpc) is 2.07. The van der Waals surface area contributed by atoms with Crippen LogP contribution in [0.1, 0.15) is 5.56 Å². The van der Waals surface area contributed by atoms with E-state index in [0.717, 1.165) is 11.3 Å². The summed E-state index contributed by atoms with van der Waals surface area (Å²) >= 11 is 3.23. The van der Waals surface area contributed by atoms with Gasteiger partial charge in [-0.1, -0.05) is 0 Å². The maximum absolute atomic E-state index is 10.7. The summed E-state index contributed by atoms with van der Waals surface area (Å²) in [5.41, 5.74) is 1.80. The van der Waals surface area contributed by atoms with E-state index in [4.69, 9.17) is 0 Å². The molecule has 14 heavy (non-hydrogen) atoms. The fourth-order valence-electron chi connectivity index (χ4n) is 1.19. The molecule has 0 aliphatic rings. The van der Waals surface area contributed by atoms with Crippen molar-refractivity contribution in [3.8, 4) is 0 Å². The van der Waals surface area contributed by atoms with Crippen LogP contribution in [-0.2, 0) is 0 Å². The summed E-state index contributed by atoms with van der Waals surface area (Å²) in [4.78, 5) is 12.2. The molecule has 1 aromatic carbocycles. The van der Waals surface area contributed by atoms with Gasteiger partial charge >= 0.3 is 0 Å². The summed E-state index contributed by atoms with van der Waals surface area (Å²) in [6, 6.07) is 3.45. The van der Waals surface area contributed by atoms with Crippen LogP contribution >= 0.6 is 15.9 Å². The highest BCUT2D eigenvalue weighted by Gasteiger charge is 2.17. The zero-order chi connectivity index (χ0) is 10.9. The second-order valence-corrected chi connectivity index (χ2v) is 4.06. The molecule has 0 saturated heterocycles. The fourth-order valence-corrected chi connectivity index (χ4v) is 1.92. The van der Waals surface area contributed by atoms with Gasteiger partial charge in [-0.2, -0.15) is 0 Å². The van der Waals surface area contributed by atoms with E-state index in [9.17, 15) is 10.1 Å². The third-order valence-corrected chi connectivity index (χ3v) is 2.67. The molecule has 0 spiro atoms. The average molecular weight is 259 g/mol. The summed E-state index contributed by atoms with van der Waals surface area (Å²) in [6.45, 7) is 1.84. The molecule has 1 rings (SSSR count). The smallest absolute Gasteiger partial charge is 0.285 e. The Labute approximate surface area is 90.8 Å². The summed E-state index contributed by atoms with van der Waals surface area (Å²) in [5.74, 6) is 0. The van der Waals surface area contributed by atoms with E-state index in [0.29, 0.717) is 4.47 Å². The van der Waals surface area contributed by atoms with Crippen LogP contribution in [0.5, 0.6) is 0 Å². The molecule has 0 fully saturated rings. The summed E-state index contributed by atoms with van der Waals surface area (Å²) in [6.07, 6.45) is 0. The largest absolute Gasteiger partial charge is 0.377 e. The molecule has 1 aromatic rings. The van der Waals surface area contributed by atoms with E-state index < -0.39 is 0 Å². The number of benzene rings is 1. The first kappa shape index (κ1) is 11.0. The van der Waals surface area contributed by atoms with Gasteiger partial charge < -0.3 is 4.90 Å². The third kappa shape index (κ3) is 2.04. The second-order valence-electron chi connectivity index (χ2n) is 3.27. The van der Waals surface area contributed by atoms with Gasteiger partial charge in [0, 0.05) is 20.2 Å². The number of aryl methyl sites for hydroxylation is 1. The molecule has 5 heteroatoms. The van der Waals surface area contributed by atoms with Gasteiger partial charge in [0.05, 0.1) is 10.6 Å². The van der Waals surface area contributed by atoms with Gasteiger partial charge in [0.1, 0.15) is 4.47 Å². The molecule has 0 bridgehead atoms. The number of nitrogens with zero attached hydrogens (tertiary/aromatic N) is 2. The number of nitro benzene ring substituents is 1. The highest BCUT2D eigenvalue weighted by atomic mass is 79.9. The Kier molecular flexibility index (Phi) is 3.10. The van der Waals surface area contributed by atoms with Crippen molar-refractivity contribution in [2.75, 3.05) is 19.0 Å². The van der Waals surface area contributed by atoms with Crippen LogP contribution in [-0.4, -0.2) is 19.0 Å². The maximum atomic E-state index is 10.7. The molecule has 0 aromatic heterocycles. The van der Waals surface area contributed by atoms with Crippen molar-refractivity contribution in [2.45, 2.75) is 6.92 Å². The molecule has 0 N–H and O–H groups in total. The number of nitro groups is 1. The molecular formula is C9H11BrN2O2. The molecule has 0 unspecified atom stereocenters. The van der Waals surface area contributed by atoms with Gasteiger partial charge in [-0.3, -0.25) is 10.1 Å². The lowest BCUT2D eigenvalue weighted by Gasteiger charge is -2.15. The minimum Gasteiger partial charge on any atom is -0.377 e. The Morgan fingerprint density at radius 1 is 1.43 bits per heavy atom. The minimum absolute atomic E-state index is 0.105. The first-order valence-electron chi connectivity index (χ1n) is 4.05. The monoisotopic (exact) mass is 258 g/mol. The van der Waals surface area contributed by atoms with Gasteiger partial charge in [-0.15, -0.1) is 0 Å². The number of hydrogen-bond acceptors (Lipinski definition) is 3. The van der Waals surface area contributed by atoms with Crippen molar-refractivity contribution in [2.24, 2.45) is 0 Å². The first-order chi connectivity index (χ1) is 6.43. The van der Waals surface area contributed by atoms with Crippen LogP contribution in [0.25, 0.3) is 0 Å². The molecule has 0 saturated carbocycles. The topological polar surface area (TPSA) is 46.4 Å². The number of hydrogen-bond donors (Lipinski definition) is 0. The van der Waals surface area contributed by atoms with Crippen molar-refractivity contribution in [3.05, 3.63) is 32.3 Å². The molecule has 0 heterocycles. The summed E-state index contributed by atoms with van der Waals surface area (Å²) in [5, 5.41) is 10.7. The van der Waals surface area contributed by atoms with Crippen LogP contribution in [0.4, 0.5) is 11.4 Å². The Bertz CT molecular complexity index is 377. The molecule has 0 atom stereocenters. The van der Waals surface area contributed by atoms with Crippen LogP contribution in [0, 0.1) is 17.0 Å². The molecule has 0 aliphatic carbocycles. The maximum Gasteiger partial charge on any atom is 0.285 e. The van der Waals surface area contributed by atoms with Gasteiger partial charge in [-0.25, -0.2) is 0 Å². The molecule has 0 aliphatic heterocycles. The Hall–Kier alpha value is -1.10. The Morgan fingerprint density at radius 2 is 2.00 bits per heavy atom. The van der Waals surface area contributed by atoms with Crippen LogP contribution in [0.3, 0.4) is 0 Å². The van der Waals surface area contributed by atoms with E-state index >= 15 is 0 Å². The van der Waals surface area contributed by atoms with Crippen molar-refractivity contribution in [1.29, 1.82) is 0 Å². The number of rotatable bonds is 2. The predicted molar refractivity (Wildman–Crippen MR) is 59.9 cm³/mol. The lowest BCUT2D eigenvalue weighted by atomic mass is 10.2. The number of halogens is 1. The van der Waals surface area contributed by atoms with Crippen LogP contribution in [0.15, 0.2) is 16.6 Å². The zero-order valence-corrected chi connectivity index (χ0v) is 9.83. The lowest BCUT2D eigenvalue weighted by Crippen LogP contribution is -2.10. The second kappa shape index (κ2) is 3.96. The van der Waals surface area contributed by atoms with Crippen molar-refractivity contribution in [1.82, 2.24) is 0 Å². The number of anilines is 1. The van der Waals surface area contributed by atoms with Crippen molar-refractivity contribution < 1.29 is 4.92 Å². The predicted octanol–water partition coefficient (Wildman–Crippen LogP) is 2.73. The van der Waals surface area contributed by atoms with E-state index in [1.807, 2.05) is 32.0 Å². The Morgan fingerprint density at radius 3 is 2.43 bits per heavy atom. The van der Waals surface area contributed by atoms with Crippen LogP contribution < -0.4 is 4.90 Å². The van der Waals surface area contributed by atoms with E-state index in [-0.39, 0.29) is 10.6 Å². The fraction of sp³-hybridized carbons (Fsp3) is 0.333. The molecular weight excluding hydrogens is 248 g/mol. The van der Waals surface area contributed by atoms with E-state index in [1.165, 1.54) is 0 Å². The molecule has 0 amide bonds. The van der Waals surface area contributed by atoms with Gasteiger partial charge in [-0.05, 0) is 34.5 Å². The van der Waals surface area contributed by atoms with E-state index in [2.05, 4.69) is 15.9 Å². The Balaban J connectivity index is 3.40.